The van der Waals surface area contributed by atoms with E-state index < -0.39 is 5.91 Å². The minimum atomic E-state index is -0.625. The maximum Gasteiger partial charge on any atom is 0.271 e. The summed E-state index contributed by atoms with van der Waals surface area (Å²) in [4.78, 5) is 21.0. The molecule has 1 aliphatic rings. The van der Waals surface area contributed by atoms with Crippen molar-refractivity contribution in [3.05, 3.63) is 35.7 Å². The number of nitrogens with zero attached hydrogens (tertiary/aromatic N) is 2. The highest BCUT2D eigenvalue weighted by molar-refractivity contribution is 5.96. The van der Waals surface area contributed by atoms with Gasteiger partial charge in [0.15, 0.2) is 17.3 Å². The molecular weight excluding hydrogens is 346 g/mol. The molecule has 3 rings (SSSR count). The molecule has 27 heavy (non-hydrogen) atoms. The number of ether oxygens (including phenoxy) is 2. The molecule has 4 N–H and O–H groups in total. The Labute approximate surface area is 158 Å². The van der Waals surface area contributed by atoms with Gasteiger partial charge in [0.05, 0.1) is 12.8 Å². The molecule has 0 unspecified atom stereocenters. The van der Waals surface area contributed by atoms with Gasteiger partial charge in [0.1, 0.15) is 5.75 Å². The summed E-state index contributed by atoms with van der Waals surface area (Å²) in [6.07, 6.45) is 2.44. The van der Waals surface area contributed by atoms with Crippen LogP contribution < -0.4 is 21.1 Å². The topological polar surface area (TPSA) is 111 Å². The number of primary amides is 1. The quantitative estimate of drug-likeness (QED) is 0.685. The molecule has 1 amide bonds. The largest absolute Gasteiger partial charge is 0.497 e. The zero-order valence-electron chi connectivity index (χ0n) is 15.6. The third kappa shape index (κ3) is 4.65. The summed E-state index contributed by atoms with van der Waals surface area (Å²) in [6.45, 7) is 3.42. The van der Waals surface area contributed by atoms with Crippen LogP contribution in [-0.4, -0.2) is 42.2 Å². The van der Waals surface area contributed by atoms with E-state index in [4.69, 9.17) is 15.2 Å². The Morgan fingerprint density at radius 3 is 2.74 bits per heavy atom. The van der Waals surface area contributed by atoms with E-state index in [1.807, 2.05) is 31.2 Å². The molecule has 1 aromatic heterocycles. The van der Waals surface area contributed by atoms with Crippen LogP contribution in [0, 0.1) is 0 Å². The van der Waals surface area contributed by atoms with Gasteiger partial charge in [-0.05, 0) is 31.4 Å². The average molecular weight is 371 g/mol. The summed E-state index contributed by atoms with van der Waals surface area (Å²) >= 11 is 0. The van der Waals surface area contributed by atoms with Gasteiger partial charge in [-0.15, -0.1) is 0 Å². The lowest BCUT2D eigenvalue weighted by molar-refractivity contribution is 0.0903. The van der Waals surface area contributed by atoms with Crippen LogP contribution in [0.1, 0.15) is 35.9 Å². The Morgan fingerprint density at radius 1 is 1.30 bits per heavy atom. The molecular formula is C19H25N5O3. The van der Waals surface area contributed by atoms with Gasteiger partial charge in [-0.3, -0.25) is 4.79 Å². The van der Waals surface area contributed by atoms with Gasteiger partial charge >= 0.3 is 0 Å². The van der Waals surface area contributed by atoms with Crippen LogP contribution in [0.5, 0.6) is 5.75 Å². The van der Waals surface area contributed by atoms with Crippen molar-refractivity contribution in [3.8, 4) is 5.75 Å². The van der Waals surface area contributed by atoms with Gasteiger partial charge < -0.3 is 25.8 Å². The highest BCUT2D eigenvalue weighted by Gasteiger charge is 2.20. The standard InChI is InChI=1S/C19H25N5O3/c1-3-15-18(21-12-7-9-27-10-8-12)24-19(16(23-15)17(20)25)22-13-5-4-6-14(11-13)26-2/h4-6,11-12H,3,7-10H2,1-2H3,(H2,20,25)(H2,21,22,24). The fourth-order valence-electron chi connectivity index (χ4n) is 2.96. The number of carbonyl (C=O) groups is 1. The smallest absolute Gasteiger partial charge is 0.271 e. The second-order valence-corrected chi connectivity index (χ2v) is 6.32. The minimum Gasteiger partial charge on any atom is -0.497 e. The first-order chi connectivity index (χ1) is 13.1. The number of amides is 1. The molecule has 8 heteroatoms. The van der Waals surface area contributed by atoms with E-state index in [9.17, 15) is 4.79 Å². The number of aromatic nitrogens is 2. The molecule has 0 spiro atoms. The lowest BCUT2D eigenvalue weighted by Crippen LogP contribution is -2.29. The third-order valence-corrected chi connectivity index (χ3v) is 4.43. The first-order valence-electron chi connectivity index (χ1n) is 9.06. The monoisotopic (exact) mass is 371 g/mol. The lowest BCUT2D eigenvalue weighted by Gasteiger charge is -2.25. The van der Waals surface area contributed by atoms with Crippen LogP contribution in [0.4, 0.5) is 17.3 Å². The molecule has 1 saturated heterocycles. The van der Waals surface area contributed by atoms with Crippen LogP contribution in [0.25, 0.3) is 0 Å². The summed E-state index contributed by atoms with van der Waals surface area (Å²) in [5, 5.41) is 6.58. The van der Waals surface area contributed by atoms with Gasteiger partial charge in [-0.1, -0.05) is 13.0 Å². The number of hydrogen-bond acceptors (Lipinski definition) is 7. The van der Waals surface area contributed by atoms with Crippen molar-refractivity contribution in [2.45, 2.75) is 32.2 Å². The molecule has 0 bridgehead atoms. The summed E-state index contributed by atoms with van der Waals surface area (Å²) in [6, 6.07) is 7.62. The van der Waals surface area contributed by atoms with E-state index in [0.29, 0.717) is 29.5 Å². The Kier molecular flexibility index (Phi) is 6.08. The number of rotatable bonds is 7. The number of hydrogen-bond donors (Lipinski definition) is 3. The fraction of sp³-hybridized carbons (Fsp3) is 0.421. The molecule has 1 fully saturated rings. The molecule has 0 saturated carbocycles. The van der Waals surface area contributed by atoms with Crippen molar-refractivity contribution in [3.63, 3.8) is 0 Å². The predicted molar refractivity (Wildman–Crippen MR) is 104 cm³/mol. The number of aryl methyl sites for hydroxylation is 1. The van der Waals surface area contributed by atoms with E-state index in [2.05, 4.69) is 20.6 Å². The van der Waals surface area contributed by atoms with Crippen molar-refractivity contribution in [1.29, 1.82) is 0 Å². The Bertz CT molecular complexity index is 806. The summed E-state index contributed by atoms with van der Waals surface area (Å²) < 4.78 is 10.6. The zero-order chi connectivity index (χ0) is 19.2. The Morgan fingerprint density at radius 2 is 2.07 bits per heavy atom. The molecule has 1 aliphatic heterocycles. The maximum atomic E-state index is 11.9. The van der Waals surface area contributed by atoms with E-state index in [1.54, 1.807) is 7.11 Å². The molecule has 0 aliphatic carbocycles. The van der Waals surface area contributed by atoms with Crippen LogP contribution in [0.2, 0.25) is 0 Å². The SMILES string of the molecule is CCc1nc(C(N)=O)c(Nc2cccc(OC)c2)nc1NC1CCOCC1. The highest BCUT2D eigenvalue weighted by Crippen LogP contribution is 2.25. The first kappa shape index (κ1) is 18.9. The van der Waals surface area contributed by atoms with Crippen LogP contribution in [0.15, 0.2) is 24.3 Å². The van der Waals surface area contributed by atoms with Crippen molar-refractivity contribution in [1.82, 2.24) is 9.97 Å². The number of nitrogens with two attached hydrogens (primary N) is 1. The normalized spacial score (nSPS) is 14.6. The Hall–Kier alpha value is -2.87. The number of methoxy groups -OCH3 is 1. The molecule has 0 atom stereocenters. The van der Waals surface area contributed by atoms with Crippen molar-refractivity contribution in [2.75, 3.05) is 31.0 Å². The van der Waals surface area contributed by atoms with E-state index in [0.717, 1.165) is 31.7 Å². The van der Waals surface area contributed by atoms with Gasteiger partial charge in [0, 0.05) is 31.0 Å². The first-order valence-corrected chi connectivity index (χ1v) is 9.06. The highest BCUT2D eigenvalue weighted by atomic mass is 16.5. The molecule has 1 aromatic carbocycles. The van der Waals surface area contributed by atoms with Crippen molar-refractivity contribution < 1.29 is 14.3 Å². The molecule has 2 heterocycles. The minimum absolute atomic E-state index is 0.118. The van der Waals surface area contributed by atoms with Gasteiger partial charge in [0.25, 0.3) is 5.91 Å². The van der Waals surface area contributed by atoms with Gasteiger partial charge in [-0.25, -0.2) is 9.97 Å². The maximum absolute atomic E-state index is 11.9. The molecule has 144 valence electrons. The Balaban J connectivity index is 1.94. The average Bonchev–Trinajstić information content (AvgIpc) is 2.69. The summed E-state index contributed by atoms with van der Waals surface area (Å²) in [5.41, 5.74) is 7.10. The van der Waals surface area contributed by atoms with Crippen LogP contribution >= 0.6 is 0 Å². The molecule has 2 aromatic rings. The number of anilines is 3. The lowest BCUT2D eigenvalue weighted by atomic mass is 10.1. The fourth-order valence-corrected chi connectivity index (χ4v) is 2.96. The zero-order valence-corrected chi connectivity index (χ0v) is 15.6. The second-order valence-electron chi connectivity index (χ2n) is 6.32. The number of nitrogens with one attached hydrogen (secondary N) is 2. The van der Waals surface area contributed by atoms with Gasteiger partial charge in [0.2, 0.25) is 0 Å². The van der Waals surface area contributed by atoms with Crippen molar-refractivity contribution >= 4 is 23.2 Å². The van der Waals surface area contributed by atoms with Gasteiger partial charge in [-0.2, -0.15) is 0 Å². The van der Waals surface area contributed by atoms with E-state index >= 15 is 0 Å². The van der Waals surface area contributed by atoms with Crippen LogP contribution in [-0.2, 0) is 11.2 Å². The molecule has 8 nitrogen and oxygen atoms in total. The number of carbonyl (C=O) groups excluding carboxylic acids is 1. The second kappa shape index (κ2) is 8.68. The van der Waals surface area contributed by atoms with E-state index in [-0.39, 0.29) is 11.7 Å². The summed E-state index contributed by atoms with van der Waals surface area (Å²) in [5.74, 6) is 1.06. The van der Waals surface area contributed by atoms with E-state index in [1.165, 1.54) is 0 Å². The number of benzene rings is 1. The third-order valence-electron chi connectivity index (χ3n) is 4.43. The van der Waals surface area contributed by atoms with Crippen LogP contribution in [0.3, 0.4) is 0 Å². The molecule has 0 radical (unpaired) electrons. The predicted octanol–water partition coefficient (Wildman–Crippen LogP) is 2.48. The van der Waals surface area contributed by atoms with Crippen molar-refractivity contribution in [2.24, 2.45) is 5.73 Å². The summed E-state index contributed by atoms with van der Waals surface area (Å²) in [7, 11) is 1.60.